The number of amides is 2. The number of anilines is 1. The standard InChI is InChI=1S/C21H23FN6O2/c1-4-15-8-5-6-11-18(15)23-19(29)13-27(3)21(30)14(2)28-25-20(24-26-28)16-9-7-10-17(22)12-16/h5-12,14H,4,13H2,1-3H3,(H,23,29). The van der Waals surface area contributed by atoms with E-state index >= 15 is 0 Å². The molecule has 0 aliphatic heterocycles. The first-order valence-electron chi connectivity index (χ1n) is 9.57. The number of aromatic nitrogens is 4. The van der Waals surface area contributed by atoms with Gasteiger partial charge in [0.1, 0.15) is 11.9 Å². The Labute approximate surface area is 173 Å². The number of benzene rings is 2. The van der Waals surface area contributed by atoms with Gasteiger partial charge < -0.3 is 10.2 Å². The van der Waals surface area contributed by atoms with Gasteiger partial charge in [-0.1, -0.05) is 37.3 Å². The van der Waals surface area contributed by atoms with Crippen LogP contribution in [-0.4, -0.2) is 50.5 Å². The molecule has 0 aliphatic rings. The number of tetrazole rings is 1. The molecule has 156 valence electrons. The van der Waals surface area contributed by atoms with Crippen molar-refractivity contribution in [3.05, 3.63) is 59.9 Å². The van der Waals surface area contributed by atoms with Crippen molar-refractivity contribution in [3.63, 3.8) is 0 Å². The smallest absolute Gasteiger partial charge is 0.249 e. The Kier molecular flexibility index (Phi) is 6.51. The summed E-state index contributed by atoms with van der Waals surface area (Å²) in [5.41, 5.74) is 2.21. The summed E-state index contributed by atoms with van der Waals surface area (Å²) < 4.78 is 13.4. The van der Waals surface area contributed by atoms with Crippen LogP contribution in [0.25, 0.3) is 11.4 Å². The first-order chi connectivity index (χ1) is 14.4. The molecule has 2 aromatic carbocycles. The number of para-hydroxylation sites is 1. The average molecular weight is 410 g/mol. The summed E-state index contributed by atoms with van der Waals surface area (Å²) in [5, 5.41) is 14.8. The molecular weight excluding hydrogens is 387 g/mol. The molecule has 0 saturated heterocycles. The van der Waals surface area contributed by atoms with Crippen LogP contribution in [0.4, 0.5) is 10.1 Å². The highest BCUT2D eigenvalue weighted by Crippen LogP contribution is 2.17. The zero-order valence-electron chi connectivity index (χ0n) is 17.0. The maximum Gasteiger partial charge on any atom is 0.249 e. The lowest BCUT2D eigenvalue weighted by Gasteiger charge is -2.20. The monoisotopic (exact) mass is 410 g/mol. The first kappa shape index (κ1) is 21.1. The fourth-order valence-corrected chi connectivity index (χ4v) is 2.98. The van der Waals surface area contributed by atoms with E-state index < -0.39 is 11.9 Å². The minimum atomic E-state index is -0.777. The third-order valence-corrected chi connectivity index (χ3v) is 4.64. The number of nitrogens with one attached hydrogen (secondary N) is 1. The van der Waals surface area contributed by atoms with Crippen LogP contribution in [0, 0.1) is 5.82 Å². The first-order valence-corrected chi connectivity index (χ1v) is 9.57. The van der Waals surface area contributed by atoms with Crippen molar-refractivity contribution in [1.29, 1.82) is 0 Å². The van der Waals surface area contributed by atoms with Gasteiger partial charge in [-0.25, -0.2) is 4.39 Å². The zero-order valence-corrected chi connectivity index (χ0v) is 17.0. The fraction of sp³-hybridized carbons (Fsp3) is 0.286. The van der Waals surface area contributed by atoms with Crippen LogP contribution in [0.2, 0.25) is 0 Å². The predicted molar refractivity (Wildman–Crippen MR) is 110 cm³/mol. The van der Waals surface area contributed by atoms with Gasteiger partial charge in [0.25, 0.3) is 0 Å². The number of carbonyl (C=O) groups is 2. The van der Waals surface area contributed by atoms with Gasteiger partial charge in [-0.05, 0) is 42.3 Å². The normalized spacial score (nSPS) is 11.7. The summed E-state index contributed by atoms with van der Waals surface area (Å²) in [4.78, 5) is 27.6. The molecule has 3 rings (SSSR count). The van der Waals surface area contributed by atoms with E-state index in [4.69, 9.17) is 0 Å². The molecule has 0 aliphatic carbocycles. The van der Waals surface area contributed by atoms with E-state index in [-0.39, 0.29) is 24.2 Å². The maximum absolute atomic E-state index is 13.4. The van der Waals surface area contributed by atoms with Crippen LogP contribution in [0.1, 0.15) is 25.5 Å². The highest BCUT2D eigenvalue weighted by atomic mass is 19.1. The maximum atomic E-state index is 13.4. The summed E-state index contributed by atoms with van der Waals surface area (Å²) >= 11 is 0. The van der Waals surface area contributed by atoms with E-state index in [0.717, 1.165) is 22.5 Å². The second-order valence-corrected chi connectivity index (χ2v) is 6.87. The Hall–Kier alpha value is -3.62. The number of carbonyl (C=O) groups excluding carboxylic acids is 2. The molecule has 30 heavy (non-hydrogen) atoms. The van der Waals surface area contributed by atoms with E-state index in [1.54, 1.807) is 19.1 Å². The average Bonchev–Trinajstić information content (AvgIpc) is 3.23. The molecule has 1 unspecified atom stereocenters. The fourth-order valence-electron chi connectivity index (χ4n) is 2.98. The summed E-state index contributed by atoms with van der Waals surface area (Å²) in [6.45, 7) is 3.50. The molecule has 1 aromatic heterocycles. The Bertz CT molecular complexity index is 1050. The van der Waals surface area contributed by atoms with E-state index in [2.05, 4.69) is 20.7 Å². The molecule has 3 aromatic rings. The SMILES string of the molecule is CCc1ccccc1NC(=O)CN(C)C(=O)C(C)n1nnc(-c2cccc(F)c2)n1. The van der Waals surface area contributed by atoms with Crippen molar-refractivity contribution < 1.29 is 14.0 Å². The molecule has 1 N–H and O–H groups in total. The largest absolute Gasteiger partial charge is 0.335 e. The van der Waals surface area contributed by atoms with Gasteiger partial charge in [-0.2, -0.15) is 4.80 Å². The molecule has 0 radical (unpaired) electrons. The molecule has 8 nitrogen and oxygen atoms in total. The number of halogens is 1. The highest BCUT2D eigenvalue weighted by molar-refractivity contribution is 5.95. The minimum Gasteiger partial charge on any atom is -0.335 e. The van der Waals surface area contributed by atoms with E-state index in [1.807, 2.05) is 31.2 Å². The van der Waals surface area contributed by atoms with Gasteiger partial charge in [0.15, 0.2) is 0 Å². The molecule has 0 saturated carbocycles. The Morgan fingerprint density at radius 3 is 2.70 bits per heavy atom. The molecule has 0 bridgehead atoms. The minimum absolute atomic E-state index is 0.118. The number of nitrogens with zero attached hydrogens (tertiary/aromatic N) is 5. The van der Waals surface area contributed by atoms with Crippen molar-refractivity contribution >= 4 is 17.5 Å². The van der Waals surface area contributed by atoms with Crippen LogP contribution in [-0.2, 0) is 16.0 Å². The number of rotatable bonds is 7. The van der Waals surface area contributed by atoms with Gasteiger partial charge in [0.2, 0.25) is 17.6 Å². The predicted octanol–water partition coefficient (Wildman–Crippen LogP) is 2.70. The van der Waals surface area contributed by atoms with Crippen molar-refractivity contribution in [2.45, 2.75) is 26.3 Å². The van der Waals surface area contributed by atoms with Gasteiger partial charge >= 0.3 is 0 Å². The lowest BCUT2D eigenvalue weighted by Crippen LogP contribution is -2.39. The topological polar surface area (TPSA) is 93.0 Å². The number of hydrogen-bond donors (Lipinski definition) is 1. The van der Waals surface area contributed by atoms with Gasteiger partial charge in [-0.3, -0.25) is 9.59 Å². The van der Waals surface area contributed by atoms with Crippen molar-refractivity contribution in [1.82, 2.24) is 25.1 Å². The Morgan fingerprint density at radius 2 is 1.97 bits per heavy atom. The molecule has 9 heteroatoms. The zero-order chi connectivity index (χ0) is 21.7. The molecule has 0 fully saturated rings. The third-order valence-electron chi connectivity index (χ3n) is 4.64. The molecule has 0 spiro atoms. The van der Waals surface area contributed by atoms with Gasteiger partial charge in [0.05, 0.1) is 6.54 Å². The Morgan fingerprint density at radius 1 is 1.20 bits per heavy atom. The van der Waals surface area contributed by atoms with E-state index in [9.17, 15) is 14.0 Å². The summed E-state index contributed by atoms with van der Waals surface area (Å²) in [6.07, 6.45) is 0.786. The van der Waals surface area contributed by atoms with Crippen molar-refractivity contribution in [3.8, 4) is 11.4 Å². The van der Waals surface area contributed by atoms with Crippen LogP contribution in [0.3, 0.4) is 0 Å². The van der Waals surface area contributed by atoms with E-state index in [0.29, 0.717) is 5.56 Å². The molecule has 1 heterocycles. The molecular formula is C21H23FN6O2. The second-order valence-electron chi connectivity index (χ2n) is 6.87. The quantitative estimate of drug-likeness (QED) is 0.646. The lowest BCUT2D eigenvalue weighted by molar-refractivity contribution is -0.136. The van der Waals surface area contributed by atoms with Crippen LogP contribution < -0.4 is 5.32 Å². The van der Waals surface area contributed by atoms with Crippen LogP contribution in [0.5, 0.6) is 0 Å². The van der Waals surface area contributed by atoms with Crippen LogP contribution in [0.15, 0.2) is 48.5 Å². The van der Waals surface area contributed by atoms with E-state index in [1.165, 1.54) is 24.1 Å². The summed E-state index contributed by atoms with van der Waals surface area (Å²) in [7, 11) is 1.54. The van der Waals surface area contributed by atoms with Crippen molar-refractivity contribution in [2.75, 3.05) is 18.9 Å². The number of likely N-dealkylation sites (N-methyl/N-ethyl adjacent to an activating group) is 1. The summed E-state index contributed by atoms with van der Waals surface area (Å²) in [5.74, 6) is -0.850. The summed E-state index contributed by atoms with van der Waals surface area (Å²) in [6, 6.07) is 12.6. The molecule has 2 amide bonds. The number of hydrogen-bond acceptors (Lipinski definition) is 5. The molecule has 1 atom stereocenters. The lowest BCUT2D eigenvalue weighted by atomic mass is 10.1. The number of aryl methyl sites for hydroxylation is 1. The van der Waals surface area contributed by atoms with Gasteiger partial charge in [0, 0.05) is 18.3 Å². The second kappa shape index (κ2) is 9.25. The third kappa shape index (κ3) is 4.86. The van der Waals surface area contributed by atoms with Crippen molar-refractivity contribution in [2.24, 2.45) is 0 Å². The van der Waals surface area contributed by atoms with Gasteiger partial charge in [-0.15, -0.1) is 10.2 Å². The van der Waals surface area contributed by atoms with Crippen LogP contribution >= 0.6 is 0 Å². The highest BCUT2D eigenvalue weighted by Gasteiger charge is 2.24. The Balaban J connectivity index is 1.63.